The molecule has 0 bridgehead atoms. The van der Waals surface area contributed by atoms with Gasteiger partial charge in [-0.1, -0.05) is 6.92 Å². The number of ether oxygens (including phenoxy) is 1. The van der Waals surface area contributed by atoms with Crippen molar-refractivity contribution in [3.05, 3.63) is 23.8 Å². The summed E-state index contributed by atoms with van der Waals surface area (Å²) in [5, 5.41) is 2.43. The maximum atomic E-state index is 13.5. The van der Waals surface area contributed by atoms with E-state index in [2.05, 4.69) is 5.32 Å². The van der Waals surface area contributed by atoms with Gasteiger partial charge in [0.1, 0.15) is 6.61 Å². The van der Waals surface area contributed by atoms with E-state index in [1.807, 2.05) is 0 Å². The summed E-state index contributed by atoms with van der Waals surface area (Å²) in [5.41, 5.74) is 5.01. The molecule has 2 rings (SSSR count). The molecule has 1 saturated heterocycles. The molecule has 10 heteroatoms. The minimum Gasteiger partial charge on any atom is -0.370 e. The van der Waals surface area contributed by atoms with Gasteiger partial charge < -0.3 is 20.7 Å². The van der Waals surface area contributed by atoms with E-state index in [1.165, 1.54) is 21.9 Å². The number of nitrogens with two attached hydrogens (primary N) is 1. The van der Waals surface area contributed by atoms with Crippen LogP contribution in [-0.4, -0.2) is 62.0 Å². The van der Waals surface area contributed by atoms with Crippen molar-refractivity contribution in [3.63, 3.8) is 0 Å². The molecule has 0 unspecified atom stereocenters. The van der Waals surface area contributed by atoms with E-state index in [0.717, 1.165) is 6.07 Å². The molecule has 3 N–H and O–H groups in total. The van der Waals surface area contributed by atoms with E-state index >= 15 is 0 Å². The first-order valence-electron chi connectivity index (χ1n) is 8.36. The van der Waals surface area contributed by atoms with Crippen molar-refractivity contribution in [1.29, 1.82) is 0 Å². The summed E-state index contributed by atoms with van der Waals surface area (Å²) in [6.45, 7) is 2.37. The monoisotopic (exact) mass is 384 g/mol. The standard InChI is InChI=1S/C17H22F2N4O4/c1-3-22(2)14(16(20)25)17(26)21-10-4-5-12(11(8-10)15(18)19)23-6-7-27-9-13(23)24/h4-5,8,14-15H,3,6-7,9H2,1-2H3,(H2,20,25)(H,21,26)/t14-/m0/s1. The van der Waals surface area contributed by atoms with Crippen molar-refractivity contribution < 1.29 is 27.9 Å². The van der Waals surface area contributed by atoms with Crippen molar-refractivity contribution in [2.24, 2.45) is 5.73 Å². The number of carbonyl (C=O) groups is 3. The average Bonchev–Trinajstić information content (AvgIpc) is 2.61. The Labute approximate surface area is 155 Å². The molecule has 148 valence electrons. The predicted molar refractivity (Wildman–Crippen MR) is 94.5 cm³/mol. The van der Waals surface area contributed by atoms with E-state index in [0.29, 0.717) is 6.54 Å². The molecule has 27 heavy (non-hydrogen) atoms. The molecule has 1 fully saturated rings. The van der Waals surface area contributed by atoms with E-state index in [1.54, 1.807) is 14.0 Å². The van der Waals surface area contributed by atoms with Crippen molar-refractivity contribution in [1.82, 2.24) is 4.90 Å². The fraction of sp³-hybridized carbons (Fsp3) is 0.471. The number of benzene rings is 1. The van der Waals surface area contributed by atoms with Gasteiger partial charge in [0.15, 0.2) is 6.04 Å². The van der Waals surface area contributed by atoms with Crippen LogP contribution in [0.4, 0.5) is 20.2 Å². The van der Waals surface area contributed by atoms with Gasteiger partial charge in [0.05, 0.1) is 12.3 Å². The molecule has 8 nitrogen and oxygen atoms in total. The third kappa shape index (κ3) is 4.77. The number of nitrogens with zero attached hydrogens (tertiary/aromatic N) is 2. The number of carbonyl (C=O) groups excluding carboxylic acids is 3. The second kappa shape index (κ2) is 8.87. The van der Waals surface area contributed by atoms with Crippen molar-refractivity contribution in [3.8, 4) is 0 Å². The maximum Gasteiger partial charge on any atom is 0.265 e. The molecule has 1 aliphatic rings. The van der Waals surface area contributed by atoms with Gasteiger partial charge in [0, 0.05) is 17.8 Å². The van der Waals surface area contributed by atoms with E-state index in [-0.39, 0.29) is 31.1 Å². The van der Waals surface area contributed by atoms with Gasteiger partial charge in [-0.25, -0.2) is 8.78 Å². The number of morpholine rings is 1. The third-order valence-electron chi connectivity index (χ3n) is 4.26. The first kappa shape index (κ1) is 20.7. The summed E-state index contributed by atoms with van der Waals surface area (Å²) >= 11 is 0. The number of hydrogen-bond donors (Lipinski definition) is 2. The molecule has 0 aromatic heterocycles. The topological polar surface area (TPSA) is 105 Å². The molecular weight excluding hydrogens is 362 g/mol. The van der Waals surface area contributed by atoms with Crippen LogP contribution < -0.4 is 16.0 Å². The molecule has 0 radical (unpaired) electrons. The SMILES string of the molecule is CCN(C)[C@@H](C(N)=O)C(=O)Nc1ccc(N2CCOCC2=O)c(C(F)F)c1. The highest BCUT2D eigenvalue weighted by atomic mass is 19.3. The fourth-order valence-corrected chi connectivity index (χ4v) is 2.77. The van der Waals surface area contributed by atoms with Gasteiger partial charge >= 0.3 is 0 Å². The van der Waals surface area contributed by atoms with E-state index < -0.39 is 35.8 Å². The largest absolute Gasteiger partial charge is 0.370 e. The third-order valence-corrected chi connectivity index (χ3v) is 4.26. The Bertz CT molecular complexity index is 729. The Hall–Kier alpha value is -2.59. The minimum atomic E-state index is -2.86. The molecule has 1 atom stereocenters. The summed E-state index contributed by atoms with van der Waals surface area (Å²) in [7, 11) is 1.55. The average molecular weight is 384 g/mol. The lowest BCUT2D eigenvalue weighted by Gasteiger charge is -2.29. The van der Waals surface area contributed by atoms with Gasteiger partial charge in [-0.05, 0) is 31.8 Å². The Morgan fingerprint density at radius 3 is 2.67 bits per heavy atom. The number of hydrogen-bond acceptors (Lipinski definition) is 5. The summed E-state index contributed by atoms with van der Waals surface area (Å²) in [6, 6.07) is 2.59. The molecule has 0 aliphatic carbocycles. The van der Waals surface area contributed by atoms with E-state index in [4.69, 9.17) is 10.5 Å². The van der Waals surface area contributed by atoms with Gasteiger partial charge in [0.25, 0.3) is 18.2 Å². The smallest absolute Gasteiger partial charge is 0.265 e. The van der Waals surface area contributed by atoms with Crippen LogP contribution in [0.25, 0.3) is 0 Å². The van der Waals surface area contributed by atoms with Crippen LogP contribution in [0, 0.1) is 0 Å². The van der Waals surface area contributed by atoms with E-state index in [9.17, 15) is 23.2 Å². The quantitative estimate of drug-likeness (QED) is 0.675. The van der Waals surface area contributed by atoms with Gasteiger partial charge in [-0.3, -0.25) is 19.3 Å². The predicted octanol–water partition coefficient (Wildman–Crippen LogP) is 0.731. The summed E-state index contributed by atoms with van der Waals surface area (Å²) < 4.78 is 32.1. The zero-order chi connectivity index (χ0) is 20.1. The lowest BCUT2D eigenvalue weighted by molar-refractivity contribution is -0.131. The molecule has 1 heterocycles. The zero-order valence-corrected chi connectivity index (χ0v) is 15.1. The summed E-state index contributed by atoms with van der Waals surface area (Å²) in [6.07, 6.45) is -2.86. The minimum absolute atomic E-state index is 0.0634. The highest BCUT2D eigenvalue weighted by Crippen LogP contribution is 2.33. The van der Waals surface area contributed by atoms with Crippen LogP contribution in [0.15, 0.2) is 18.2 Å². The van der Waals surface area contributed by atoms with Crippen LogP contribution in [0.2, 0.25) is 0 Å². The molecule has 3 amide bonds. The van der Waals surface area contributed by atoms with Crippen LogP contribution in [0.3, 0.4) is 0 Å². The Morgan fingerprint density at radius 2 is 2.11 bits per heavy atom. The number of rotatable bonds is 7. The maximum absolute atomic E-state index is 13.5. The number of nitrogens with one attached hydrogen (secondary N) is 1. The number of primary amides is 1. The molecule has 0 saturated carbocycles. The van der Waals surface area contributed by atoms with Crippen LogP contribution in [-0.2, 0) is 19.1 Å². The summed E-state index contributed by atoms with van der Waals surface area (Å²) in [5.74, 6) is -1.98. The number of likely N-dealkylation sites (N-methyl/N-ethyl adjacent to an activating group) is 1. The molecule has 1 aliphatic heterocycles. The lowest BCUT2D eigenvalue weighted by atomic mass is 10.1. The van der Waals surface area contributed by atoms with Gasteiger partial charge in [-0.15, -0.1) is 0 Å². The van der Waals surface area contributed by atoms with Crippen molar-refractivity contribution in [2.45, 2.75) is 19.4 Å². The number of anilines is 2. The molecular formula is C17H22F2N4O4. The Morgan fingerprint density at radius 1 is 1.41 bits per heavy atom. The van der Waals surface area contributed by atoms with Crippen molar-refractivity contribution >= 4 is 29.1 Å². The van der Waals surface area contributed by atoms with Crippen molar-refractivity contribution in [2.75, 3.05) is 43.6 Å². The first-order valence-corrected chi connectivity index (χ1v) is 8.36. The normalized spacial score (nSPS) is 15.9. The van der Waals surface area contributed by atoms with Crippen LogP contribution in [0.1, 0.15) is 18.9 Å². The second-order valence-electron chi connectivity index (χ2n) is 6.04. The fourth-order valence-electron chi connectivity index (χ4n) is 2.77. The highest BCUT2D eigenvalue weighted by Gasteiger charge is 2.29. The zero-order valence-electron chi connectivity index (χ0n) is 15.1. The van der Waals surface area contributed by atoms with Crippen LogP contribution in [0.5, 0.6) is 0 Å². The Kier molecular flexibility index (Phi) is 6.81. The molecule has 0 spiro atoms. The highest BCUT2D eigenvalue weighted by molar-refractivity contribution is 6.09. The number of alkyl halides is 2. The number of halogens is 2. The van der Waals surface area contributed by atoms with Gasteiger partial charge in [-0.2, -0.15) is 0 Å². The second-order valence-corrected chi connectivity index (χ2v) is 6.04. The lowest BCUT2D eigenvalue weighted by Crippen LogP contribution is -2.50. The number of amides is 3. The summed E-state index contributed by atoms with van der Waals surface area (Å²) in [4.78, 5) is 38.5. The van der Waals surface area contributed by atoms with Crippen LogP contribution >= 0.6 is 0 Å². The molecule has 1 aromatic carbocycles. The first-order chi connectivity index (χ1) is 12.8. The molecule has 1 aromatic rings. The Balaban J connectivity index is 2.28. The van der Waals surface area contributed by atoms with Gasteiger partial charge in [0.2, 0.25) is 5.91 Å².